The van der Waals surface area contributed by atoms with E-state index in [9.17, 15) is 4.79 Å². The summed E-state index contributed by atoms with van der Waals surface area (Å²) < 4.78 is 16.2. The number of piperidine rings is 1. The van der Waals surface area contributed by atoms with Gasteiger partial charge in [-0.2, -0.15) is 0 Å². The molecule has 34 heavy (non-hydrogen) atoms. The van der Waals surface area contributed by atoms with Gasteiger partial charge in [0.15, 0.2) is 0 Å². The van der Waals surface area contributed by atoms with Crippen LogP contribution in [0.25, 0.3) is 0 Å². The SMILES string of the molecule is COc1ccc(N(C(=O)c2ccccc2)C2CCN(Cc3ccc(OC)cc3OC)CC2)cc1. The molecular formula is C28H32N2O4. The number of ether oxygens (including phenoxy) is 3. The lowest BCUT2D eigenvalue weighted by Crippen LogP contribution is -2.47. The van der Waals surface area contributed by atoms with Gasteiger partial charge in [-0.25, -0.2) is 0 Å². The molecule has 3 aromatic carbocycles. The van der Waals surface area contributed by atoms with Crippen LogP contribution in [0, 0.1) is 0 Å². The topological polar surface area (TPSA) is 51.2 Å². The number of likely N-dealkylation sites (tertiary alicyclic amines) is 1. The van der Waals surface area contributed by atoms with Crippen LogP contribution in [0.15, 0.2) is 72.8 Å². The third kappa shape index (κ3) is 5.34. The van der Waals surface area contributed by atoms with Gasteiger partial charge in [-0.15, -0.1) is 0 Å². The molecule has 0 radical (unpaired) electrons. The molecule has 0 bridgehead atoms. The highest BCUT2D eigenvalue weighted by molar-refractivity contribution is 6.06. The lowest BCUT2D eigenvalue weighted by atomic mass is 10.00. The molecule has 3 aromatic rings. The number of carbonyl (C=O) groups is 1. The van der Waals surface area contributed by atoms with E-state index in [4.69, 9.17) is 14.2 Å². The first-order chi connectivity index (χ1) is 16.6. The molecule has 4 rings (SSSR count). The molecule has 6 nitrogen and oxygen atoms in total. The van der Waals surface area contributed by atoms with Crippen LogP contribution < -0.4 is 19.1 Å². The Kier molecular flexibility index (Phi) is 7.70. The van der Waals surface area contributed by atoms with Gasteiger partial charge < -0.3 is 19.1 Å². The predicted molar refractivity (Wildman–Crippen MR) is 134 cm³/mol. The zero-order valence-corrected chi connectivity index (χ0v) is 20.1. The maximum Gasteiger partial charge on any atom is 0.258 e. The van der Waals surface area contributed by atoms with Gasteiger partial charge in [0.2, 0.25) is 0 Å². The summed E-state index contributed by atoms with van der Waals surface area (Å²) in [5.41, 5.74) is 2.72. The second-order valence-corrected chi connectivity index (χ2v) is 8.42. The highest BCUT2D eigenvalue weighted by Gasteiger charge is 2.30. The molecule has 0 aliphatic carbocycles. The highest BCUT2D eigenvalue weighted by atomic mass is 16.5. The summed E-state index contributed by atoms with van der Waals surface area (Å²) in [7, 11) is 4.99. The second kappa shape index (κ2) is 11.1. The van der Waals surface area contributed by atoms with Crippen molar-refractivity contribution in [3.8, 4) is 17.2 Å². The first-order valence-electron chi connectivity index (χ1n) is 11.6. The van der Waals surface area contributed by atoms with Crippen molar-refractivity contribution < 1.29 is 19.0 Å². The van der Waals surface area contributed by atoms with E-state index in [1.54, 1.807) is 21.3 Å². The number of rotatable bonds is 8. The van der Waals surface area contributed by atoms with Gasteiger partial charge in [-0.3, -0.25) is 9.69 Å². The van der Waals surface area contributed by atoms with Crippen molar-refractivity contribution in [2.45, 2.75) is 25.4 Å². The minimum Gasteiger partial charge on any atom is -0.497 e. The monoisotopic (exact) mass is 460 g/mol. The van der Waals surface area contributed by atoms with E-state index in [-0.39, 0.29) is 11.9 Å². The summed E-state index contributed by atoms with van der Waals surface area (Å²) in [6, 6.07) is 23.3. The molecule has 1 aliphatic rings. The van der Waals surface area contributed by atoms with Crippen LogP contribution in [0.1, 0.15) is 28.8 Å². The van der Waals surface area contributed by atoms with Crippen LogP contribution >= 0.6 is 0 Å². The van der Waals surface area contributed by atoms with Crippen molar-refractivity contribution in [2.75, 3.05) is 39.3 Å². The number of methoxy groups -OCH3 is 3. The fraction of sp³-hybridized carbons (Fsp3) is 0.321. The first kappa shape index (κ1) is 23.6. The normalized spacial score (nSPS) is 14.4. The average molecular weight is 461 g/mol. The summed E-state index contributed by atoms with van der Waals surface area (Å²) in [6.07, 6.45) is 1.78. The Hall–Kier alpha value is -3.51. The number of nitrogens with zero attached hydrogens (tertiary/aromatic N) is 2. The molecule has 0 N–H and O–H groups in total. The van der Waals surface area contributed by atoms with Gasteiger partial charge in [0.25, 0.3) is 5.91 Å². The van der Waals surface area contributed by atoms with Crippen LogP contribution in [-0.2, 0) is 6.54 Å². The molecule has 0 saturated carbocycles. The number of amides is 1. The van der Waals surface area contributed by atoms with Gasteiger partial charge in [-0.1, -0.05) is 24.3 Å². The Morgan fingerprint density at radius 1 is 0.853 bits per heavy atom. The molecule has 0 spiro atoms. The van der Waals surface area contributed by atoms with E-state index in [0.717, 1.165) is 61.0 Å². The van der Waals surface area contributed by atoms with Crippen LogP contribution in [-0.4, -0.2) is 51.3 Å². The fourth-order valence-electron chi connectivity index (χ4n) is 4.52. The Labute approximate surface area is 201 Å². The Morgan fingerprint density at radius 3 is 2.12 bits per heavy atom. The molecule has 1 amide bonds. The molecule has 178 valence electrons. The molecule has 0 atom stereocenters. The lowest BCUT2D eigenvalue weighted by molar-refractivity contribution is 0.0958. The van der Waals surface area contributed by atoms with Crippen molar-refractivity contribution in [1.29, 1.82) is 0 Å². The van der Waals surface area contributed by atoms with Crippen LogP contribution in [0.2, 0.25) is 0 Å². The molecule has 0 unspecified atom stereocenters. The first-order valence-corrected chi connectivity index (χ1v) is 11.6. The third-order valence-corrected chi connectivity index (χ3v) is 6.40. The number of benzene rings is 3. The van der Waals surface area contributed by atoms with E-state index in [0.29, 0.717) is 5.56 Å². The predicted octanol–water partition coefficient (Wildman–Crippen LogP) is 5.02. The van der Waals surface area contributed by atoms with Crippen molar-refractivity contribution >= 4 is 11.6 Å². The Bertz CT molecular complexity index is 1080. The highest BCUT2D eigenvalue weighted by Crippen LogP contribution is 2.30. The largest absolute Gasteiger partial charge is 0.497 e. The summed E-state index contributed by atoms with van der Waals surface area (Å²) >= 11 is 0. The van der Waals surface area contributed by atoms with E-state index in [1.807, 2.05) is 71.6 Å². The number of hydrogen-bond donors (Lipinski definition) is 0. The van der Waals surface area contributed by atoms with Crippen molar-refractivity contribution in [3.05, 3.63) is 83.9 Å². The summed E-state index contributed by atoms with van der Waals surface area (Å²) in [5, 5.41) is 0. The van der Waals surface area contributed by atoms with E-state index >= 15 is 0 Å². The summed E-state index contributed by atoms with van der Waals surface area (Å²) in [6.45, 7) is 2.60. The second-order valence-electron chi connectivity index (χ2n) is 8.42. The number of carbonyl (C=O) groups excluding carboxylic acids is 1. The van der Waals surface area contributed by atoms with E-state index in [2.05, 4.69) is 11.0 Å². The standard InChI is InChI=1S/C28H32N2O4/c1-32-25-13-10-23(11-14-25)30(28(31)21-7-5-4-6-8-21)24-15-17-29(18-16-24)20-22-9-12-26(33-2)19-27(22)34-3/h4-14,19,24H,15-18,20H2,1-3H3. The maximum absolute atomic E-state index is 13.6. The zero-order chi connectivity index (χ0) is 23.9. The third-order valence-electron chi connectivity index (χ3n) is 6.40. The van der Waals surface area contributed by atoms with E-state index < -0.39 is 0 Å². The van der Waals surface area contributed by atoms with Crippen molar-refractivity contribution in [2.24, 2.45) is 0 Å². The minimum atomic E-state index is 0.0287. The average Bonchev–Trinajstić information content (AvgIpc) is 2.90. The Morgan fingerprint density at radius 2 is 1.50 bits per heavy atom. The van der Waals surface area contributed by atoms with Gasteiger partial charge in [0, 0.05) is 48.6 Å². The Balaban J connectivity index is 1.50. The van der Waals surface area contributed by atoms with Crippen molar-refractivity contribution in [3.63, 3.8) is 0 Å². The molecule has 1 aliphatic heterocycles. The lowest BCUT2D eigenvalue weighted by Gasteiger charge is -2.39. The number of hydrogen-bond acceptors (Lipinski definition) is 5. The minimum absolute atomic E-state index is 0.0287. The van der Waals surface area contributed by atoms with E-state index in [1.165, 1.54) is 0 Å². The van der Waals surface area contributed by atoms with Crippen LogP contribution in [0.3, 0.4) is 0 Å². The van der Waals surface area contributed by atoms with Gasteiger partial charge >= 0.3 is 0 Å². The summed E-state index contributed by atoms with van der Waals surface area (Å²) in [5.74, 6) is 2.43. The zero-order valence-electron chi connectivity index (χ0n) is 20.1. The number of anilines is 1. The molecular weight excluding hydrogens is 428 g/mol. The smallest absolute Gasteiger partial charge is 0.258 e. The van der Waals surface area contributed by atoms with Crippen LogP contribution in [0.4, 0.5) is 5.69 Å². The summed E-state index contributed by atoms with van der Waals surface area (Å²) in [4.78, 5) is 17.9. The van der Waals surface area contributed by atoms with Gasteiger partial charge in [0.1, 0.15) is 17.2 Å². The molecule has 1 fully saturated rings. The molecule has 1 saturated heterocycles. The van der Waals surface area contributed by atoms with Gasteiger partial charge in [0.05, 0.1) is 21.3 Å². The molecule has 6 heteroatoms. The van der Waals surface area contributed by atoms with Crippen LogP contribution in [0.5, 0.6) is 17.2 Å². The maximum atomic E-state index is 13.6. The van der Waals surface area contributed by atoms with Gasteiger partial charge in [-0.05, 0) is 55.3 Å². The molecule has 1 heterocycles. The molecule has 0 aromatic heterocycles. The quantitative estimate of drug-likeness (QED) is 0.472. The van der Waals surface area contributed by atoms with Crippen molar-refractivity contribution in [1.82, 2.24) is 4.90 Å². The fourth-order valence-corrected chi connectivity index (χ4v) is 4.52.